The lowest BCUT2D eigenvalue weighted by Gasteiger charge is -1.96. The summed E-state index contributed by atoms with van der Waals surface area (Å²) in [6.45, 7) is 0. The van der Waals surface area contributed by atoms with Gasteiger partial charge in [0.1, 0.15) is 0 Å². The van der Waals surface area contributed by atoms with Crippen molar-refractivity contribution in [3.63, 3.8) is 0 Å². The average molecular weight is 178 g/mol. The molecule has 12 heavy (non-hydrogen) atoms. The third-order valence-electron chi connectivity index (χ3n) is 2.25. The summed E-state index contributed by atoms with van der Waals surface area (Å²) in [6, 6.07) is 10.0. The Morgan fingerprint density at radius 1 is 1.33 bits per heavy atom. The molecule has 0 aliphatic heterocycles. The molecular weight excluding hydrogens is 170 g/mol. The van der Waals surface area contributed by atoms with Crippen molar-refractivity contribution >= 4 is 11.6 Å². The van der Waals surface area contributed by atoms with Gasteiger partial charge >= 0.3 is 0 Å². The van der Waals surface area contributed by atoms with E-state index in [4.69, 9.17) is 16.9 Å². The molecule has 2 heteroatoms. The predicted octanol–water partition coefficient (Wildman–Crippen LogP) is 2.97. The van der Waals surface area contributed by atoms with E-state index in [0.29, 0.717) is 5.92 Å². The van der Waals surface area contributed by atoms with Crippen molar-refractivity contribution < 1.29 is 0 Å². The van der Waals surface area contributed by atoms with Crippen LogP contribution in [-0.4, -0.2) is 0 Å². The quantitative estimate of drug-likeness (QED) is 0.647. The molecular formula is C10H8ClN. The highest BCUT2D eigenvalue weighted by atomic mass is 35.5. The first-order valence-corrected chi connectivity index (χ1v) is 4.34. The minimum atomic E-state index is 0.242. The van der Waals surface area contributed by atoms with Crippen molar-refractivity contribution in [2.45, 2.75) is 12.3 Å². The number of hydrogen-bond acceptors (Lipinski definition) is 1. The van der Waals surface area contributed by atoms with Crippen molar-refractivity contribution in [3.05, 3.63) is 34.9 Å². The van der Waals surface area contributed by atoms with Crippen molar-refractivity contribution in [1.82, 2.24) is 0 Å². The molecule has 0 unspecified atom stereocenters. The van der Waals surface area contributed by atoms with Crippen LogP contribution in [0.25, 0.3) is 0 Å². The topological polar surface area (TPSA) is 23.8 Å². The monoisotopic (exact) mass is 177 g/mol. The van der Waals surface area contributed by atoms with Crippen LogP contribution < -0.4 is 0 Å². The van der Waals surface area contributed by atoms with E-state index in [0.717, 1.165) is 11.4 Å². The molecule has 0 bridgehead atoms. The molecule has 1 nitrogen and oxygen atoms in total. The second-order valence-electron chi connectivity index (χ2n) is 3.13. The van der Waals surface area contributed by atoms with Crippen molar-refractivity contribution in [2.75, 3.05) is 0 Å². The Hall–Kier alpha value is -1.00. The van der Waals surface area contributed by atoms with Gasteiger partial charge in [0.25, 0.3) is 0 Å². The standard InChI is InChI=1S/C10H8ClN/c11-9-3-1-7(2-4-9)10-5-8(10)6-12/h1-4,8,10H,5H2/t8-,10-/m0/s1. The molecule has 1 saturated carbocycles. The van der Waals surface area contributed by atoms with Gasteiger partial charge in [0, 0.05) is 10.9 Å². The van der Waals surface area contributed by atoms with Crippen LogP contribution in [0.3, 0.4) is 0 Å². The normalized spacial score (nSPS) is 26.3. The molecule has 0 radical (unpaired) electrons. The fourth-order valence-electron chi connectivity index (χ4n) is 1.42. The molecule has 2 atom stereocenters. The summed E-state index contributed by atoms with van der Waals surface area (Å²) in [4.78, 5) is 0. The zero-order valence-electron chi connectivity index (χ0n) is 6.50. The molecule has 0 N–H and O–H groups in total. The molecule has 0 aromatic heterocycles. The molecule has 0 saturated heterocycles. The summed E-state index contributed by atoms with van der Waals surface area (Å²) in [5.41, 5.74) is 1.24. The van der Waals surface area contributed by atoms with Crippen LogP contribution in [0, 0.1) is 17.2 Å². The first-order chi connectivity index (χ1) is 5.81. The van der Waals surface area contributed by atoms with E-state index in [1.807, 2.05) is 24.3 Å². The molecule has 1 aromatic rings. The lowest BCUT2D eigenvalue weighted by atomic mass is 10.1. The number of rotatable bonds is 1. The Kier molecular flexibility index (Phi) is 1.78. The predicted molar refractivity (Wildman–Crippen MR) is 47.9 cm³/mol. The van der Waals surface area contributed by atoms with Gasteiger partial charge in [-0.3, -0.25) is 0 Å². The minimum Gasteiger partial charge on any atom is -0.198 e. The van der Waals surface area contributed by atoms with Gasteiger partial charge in [0.15, 0.2) is 0 Å². The lowest BCUT2D eigenvalue weighted by Crippen LogP contribution is -1.79. The molecule has 2 rings (SSSR count). The van der Waals surface area contributed by atoms with Crippen LogP contribution in [-0.2, 0) is 0 Å². The highest BCUT2D eigenvalue weighted by Crippen LogP contribution is 2.46. The Labute approximate surface area is 76.6 Å². The Morgan fingerprint density at radius 2 is 2.00 bits per heavy atom. The van der Waals surface area contributed by atoms with Gasteiger partial charge in [-0.15, -0.1) is 0 Å². The maximum absolute atomic E-state index is 8.62. The fraction of sp³-hybridized carbons (Fsp3) is 0.300. The van der Waals surface area contributed by atoms with Gasteiger partial charge in [-0.1, -0.05) is 23.7 Å². The highest BCUT2D eigenvalue weighted by Gasteiger charge is 2.38. The van der Waals surface area contributed by atoms with E-state index in [1.54, 1.807) is 0 Å². The van der Waals surface area contributed by atoms with Crippen LogP contribution in [0.5, 0.6) is 0 Å². The van der Waals surface area contributed by atoms with Crippen molar-refractivity contribution in [3.8, 4) is 6.07 Å². The van der Waals surface area contributed by atoms with E-state index >= 15 is 0 Å². The highest BCUT2D eigenvalue weighted by molar-refractivity contribution is 6.30. The fourth-order valence-corrected chi connectivity index (χ4v) is 1.54. The van der Waals surface area contributed by atoms with E-state index in [-0.39, 0.29) is 5.92 Å². The molecule has 0 heterocycles. The van der Waals surface area contributed by atoms with Gasteiger partial charge in [-0.2, -0.15) is 5.26 Å². The van der Waals surface area contributed by atoms with Gasteiger partial charge in [0.2, 0.25) is 0 Å². The number of nitrogens with zero attached hydrogens (tertiary/aromatic N) is 1. The summed E-state index contributed by atoms with van der Waals surface area (Å²) in [5, 5.41) is 9.37. The number of halogens is 1. The first kappa shape index (κ1) is 7.64. The summed E-state index contributed by atoms with van der Waals surface area (Å²) >= 11 is 5.74. The van der Waals surface area contributed by atoms with Crippen LogP contribution in [0.1, 0.15) is 17.9 Å². The van der Waals surface area contributed by atoms with E-state index in [2.05, 4.69) is 6.07 Å². The second kappa shape index (κ2) is 2.80. The smallest absolute Gasteiger partial charge is 0.0662 e. The first-order valence-electron chi connectivity index (χ1n) is 3.96. The largest absolute Gasteiger partial charge is 0.198 e. The Balaban J connectivity index is 2.17. The maximum Gasteiger partial charge on any atom is 0.0662 e. The Morgan fingerprint density at radius 3 is 2.50 bits per heavy atom. The minimum absolute atomic E-state index is 0.242. The van der Waals surface area contributed by atoms with Crippen LogP contribution in [0.15, 0.2) is 24.3 Å². The van der Waals surface area contributed by atoms with Crippen LogP contribution in [0.2, 0.25) is 5.02 Å². The van der Waals surface area contributed by atoms with Gasteiger partial charge < -0.3 is 0 Å². The third kappa shape index (κ3) is 1.31. The molecule has 60 valence electrons. The van der Waals surface area contributed by atoms with E-state index < -0.39 is 0 Å². The zero-order valence-corrected chi connectivity index (χ0v) is 7.25. The van der Waals surface area contributed by atoms with Gasteiger partial charge in [0.05, 0.1) is 12.0 Å². The second-order valence-corrected chi connectivity index (χ2v) is 3.57. The SMILES string of the molecule is N#C[C@@H]1C[C@H]1c1ccc(Cl)cc1. The summed E-state index contributed by atoms with van der Waals surface area (Å²) < 4.78 is 0. The zero-order chi connectivity index (χ0) is 8.55. The number of nitriles is 1. The molecule has 1 aliphatic rings. The van der Waals surface area contributed by atoms with Crippen molar-refractivity contribution in [2.24, 2.45) is 5.92 Å². The molecule has 1 fully saturated rings. The van der Waals surface area contributed by atoms with Crippen LogP contribution in [0.4, 0.5) is 0 Å². The van der Waals surface area contributed by atoms with E-state index in [9.17, 15) is 0 Å². The van der Waals surface area contributed by atoms with Crippen molar-refractivity contribution in [1.29, 1.82) is 5.26 Å². The molecule has 0 spiro atoms. The third-order valence-corrected chi connectivity index (χ3v) is 2.51. The molecule has 0 amide bonds. The van der Waals surface area contributed by atoms with Gasteiger partial charge in [-0.25, -0.2) is 0 Å². The number of benzene rings is 1. The summed E-state index contributed by atoms with van der Waals surface area (Å²) in [5.74, 6) is 0.707. The molecule has 1 aromatic carbocycles. The maximum atomic E-state index is 8.62. The molecule has 1 aliphatic carbocycles. The van der Waals surface area contributed by atoms with Gasteiger partial charge in [-0.05, 0) is 24.1 Å². The summed E-state index contributed by atoms with van der Waals surface area (Å²) in [7, 11) is 0. The van der Waals surface area contributed by atoms with E-state index in [1.165, 1.54) is 5.56 Å². The summed E-state index contributed by atoms with van der Waals surface area (Å²) in [6.07, 6.45) is 1.01. The number of hydrogen-bond donors (Lipinski definition) is 0. The Bertz CT molecular complexity index is 323. The average Bonchev–Trinajstić information content (AvgIpc) is 2.85. The van der Waals surface area contributed by atoms with Crippen LogP contribution >= 0.6 is 11.6 Å². The lowest BCUT2D eigenvalue weighted by molar-refractivity contribution is 1.02.